The van der Waals surface area contributed by atoms with Crippen molar-refractivity contribution in [3.8, 4) is 11.3 Å². The summed E-state index contributed by atoms with van der Waals surface area (Å²) in [6.07, 6.45) is 5.40. The highest BCUT2D eigenvalue weighted by molar-refractivity contribution is 7.10. The molecule has 210 valence electrons. The molecule has 4 heterocycles. The van der Waals surface area contributed by atoms with Crippen molar-refractivity contribution in [2.45, 2.75) is 25.4 Å². The van der Waals surface area contributed by atoms with Crippen LogP contribution in [0.5, 0.6) is 0 Å². The highest BCUT2D eigenvalue weighted by Gasteiger charge is 2.23. The van der Waals surface area contributed by atoms with Crippen LogP contribution < -0.4 is 10.9 Å². The summed E-state index contributed by atoms with van der Waals surface area (Å²) in [4.78, 5) is 52.6. The Hall–Kier alpha value is -4.71. The van der Waals surface area contributed by atoms with Gasteiger partial charge in [0.1, 0.15) is 16.2 Å². The maximum atomic E-state index is 13.7. The maximum Gasteiger partial charge on any atom is 0.263 e. The van der Waals surface area contributed by atoms with Crippen molar-refractivity contribution in [1.29, 1.82) is 0 Å². The Kier molecular flexibility index (Phi) is 8.02. The minimum absolute atomic E-state index is 0.0484. The van der Waals surface area contributed by atoms with Crippen LogP contribution in [0.4, 0.5) is 8.78 Å². The summed E-state index contributed by atoms with van der Waals surface area (Å²) in [7, 11) is 3.31. The monoisotopic (exact) mass is 576 g/mol. The van der Waals surface area contributed by atoms with Crippen LogP contribution in [0.2, 0.25) is 0 Å². The zero-order valence-electron chi connectivity index (χ0n) is 22.2. The Bertz CT molecular complexity index is 1790. The first-order valence-corrected chi connectivity index (χ1v) is 13.6. The predicted octanol–water partition coefficient (Wildman–Crippen LogP) is 4.51. The number of aromatic amines is 1. The molecule has 0 saturated carbocycles. The zero-order valence-corrected chi connectivity index (χ0v) is 23.0. The van der Waals surface area contributed by atoms with Gasteiger partial charge in [-0.15, -0.1) is 11.3 Å². The fourth-order valence-corrected chi connectivity index (χ4v) is 5.30. The quantitative estimate of drug-likeness (QED) is 0.268. The van der Waals surface area contributed by atoms with Gasteiger partial charge in [-0.3, -0.25) is 14.4 Å². The van der Waals surface area contributed by atoms with Crippen LogP contribution >= 0.6 is 11.3 Å². The van der Waals surface area contributed by atoms with Gasteiger partial charge in [0.05, 0.1) is 18.3 Å². The summed E-state index contributed by atoms with van der Waals surface area (Å²) in [6, 6.07) is 9.43. The van der Waals surface area contributed by atoms with Crippen molar-refractivity contribution >= 4 is 34.2 Å². The average Bonchev–Trinajstić information content (AvgIpc) is 3.61. The van der Waals surface area contributed by atoms with Gasteiger partial charge in [0, 0.05) is 55.4 Å². The van der Waals surface area contributed by atoms with E-state index in [1.165, 1.54) is 45.2 Å². The number of hydrogen-bond acceptors (Lipinski definition) is 6. The van der Waals surface area contributed by atoms with Gasteiger partial charge in [0.15, 0.2) is 11.6 Å². The molecule has 1 atom stereocenters. The smallest absolute Gasteiger partial charge is 0.263 e. The van der Waals surface area contributed by atoms with Crippen molar-refractivity contribution < 1.29 is 18.4 Å². The molecule has 12 heteroatoms. The molecule has 1 aromatic carbocycles. The van der Waals surface area contributed by atoms with E-state index in [9.17, 15) is 23.2 Å². The van der Waals surface area contributed by atoms with E-state index in [0.29, 0.717) is 16.3 Å². The second-order valence-electron chi connectivity index (χ2n) is 9.63. The number of amides is 2. The largest absolute Gasteiger partial charge is 0.349 e. The van der Waals surface area contributed by atoms with E-state index in [1.807, 2.05) is 23.7 Å². The molecule has 5 aromatic rings. The molecule has 0 fully saturated rings. The second-order valence-corrected chi connectivity index (χ2v) is 10.5. The SMILES string of the molecule is CN(C)C(=O)CC[C@@H](NC(=O)c1cccn(Cc2ccc(F)c(F)c2)c1=O)c1nc(-c2c[nH]c3ncccc23)cs1. The zero-order chi connectivity index (χ0) is 29.1. The van der Waals surface area contributed by atoms with Gasteiger partial charge in [-0.2, -0.15) is 0 Å². The summed E-state index contributed by atoms with van der Waals surface area (Å²) >= 11 is 1.34. The molecule has 0 unspecified atom stereocenters. The molecule has 0 saturated heterocycles. The van der Waals surface area contributed by atoms with Gasteiger partial charge in [-0.25, -0.2) is 18.7 Å². The molecule has 0 radical (unpaired) electrons. The Morgan fingerprint density at radius 2 is 1.98 bits per heavy atom. The standard InChI is InChI=1S/C29H26F2N6O3S/c1-36(2)25(38)10-9-23(28-35-24(16-41-28)20-14-33-26-18(20)5-3-11-32-26)34-27(39)19-6-4-12-37(29(19)40)15-17-7-8-21(30)22(31)13-17/h3-8,11-14,16,23H,9-10,15H2,1-2H3,(H,32,33)(H,34,39)/t23-/m1/s1. The number of thiazole rings is 1. The van der Waals surface area contributed by atoms with E-state index in [4.69, 9.17) is 4.98 Å². The number of nitrogens with one attached hydrogen (secondary N) is 2. The number of benzene rings is 1. The summed E-state index contributed by atoms with van der Waals surface area (Å²) in [6.45, 7) is -0.0484. The van der Waals surface area contributed by atoms with Crippen LogP contribution in [0, 0.1) is 11.6 Å². The van der Waals surface area contributed by atoms with Crippen LogP contribution in [-0.4, -0.2) is 50.3 Å². The number of fused-ring (bicyclic) bond motifs is 1. The summed E-state index contributed by atoms with van der Waals surface area (Å²) in [5.74, 6) is -2.76. The predicted molar refractivity (Wildman–Crippen MR) is 151 cm³/mol. The van der Waals surface area contributed by atoms with E-state index >= 15 is 0 Å². The second kappa shape index (κ2) is 11.8. The number of nitrogens with zero attached hydrogens (tertiary/aromatic N) is 4. The minimum atomic E-state index is -1.02. The van der Waals surface area contributed by atoms with E-state index in [1.54, 1.807) is 20.3 Å². The molecular formula is C29H26F2N6O3S. The highest BCUT2D eigenvalue weighted by atomic mass is 32.1. The molecule has 0 aliphatic carbocycles. The van der Waals surface area contributed by atoms with Crippen molar-refractivity contribution in [3.63, 3.8) is 0 Å². The van der Waals surface area contributed by atoms with E-state index in [2.05, 4.69) is 15.3 Å². The van der Waals surface area contributed by atoms with Crippen LogP contribution in [-0.2, 0) is 11.3 Å². The molecule has 9 nitrogen and oxygen atoms in total. The summed E-state index contributed by atoms with van der Waals surface area (Å²) in [5.41, 5.74) is 1.92. The highest BCUT2D eigenvalue weighted by Crippen LogP contribution is 2.32. The van der Waals surface area contributed by atoms with Crippen molar-refractivity contribution in [2.24, 2.45) is 0 Å². The number of rotatable bonds is 9. The molecule has 0 aliphatic rings. The van der Waals surface area contributed by atoms with Crippen LogP contribution in [0.25, 0.3) is 22.3 Å². The van der Waals surface area contributed by atoms with Gasteiger partial charge in [0.25, 0.3) is 11.5 Å². The van der Waals surface area contributed by atoms with Crippen molar-refractivity contribution in [1.82, 2.24) is 29.7 Å². The number of hydrogen-bond donors (Lipinski definition) is 2. The topological polar surface area (TPSA) is 113 Å². The van der Waals surface area contributed by atoms with Crippen LogP contribution in [0.1, 0.15) is 39.8 Å². The number of carbonyl (C=O) groups is 2. The molecular weight excluding hydrogens is 550 g/mol. The number of halogens is 2. The third-order valence-electron chi connectivity index (χ3n) is 6.60. The van der Waals surface area contributed by atoms with Crippen molar-refractivity contribution in [3.05, 3.63) is 105 Å². The lowest BCUT2D eigenvalue weighted by molar-refractivity contribution is -0.128. The normalized spacial score (nSPS) is 11.9. The van der Waals surface area contributed by atoms with E-state index in [0.717, 1.165) is 28.7 Å². The molecule has 41 heavy (non-hydrogen) atoms. The Morgan fingerprint density at radius 1 is 1.15 bits per heavy atom. The van der Waals surface area contributed by atoms with Gasteiger partial charge >= 0.3 is 0 Å². The van der Waals surface area contributed by atoms with Crippen LogP contribution in [0.15, 0.2) is 71.2 Å². The lowest BCUT2D eigenvalue weighted by Crippen LogP contribution is -2.35. The van der Waals surface area contributed by atoms with E-state index < -0.39 is 29.1 Å². The summed E-state index contributed by atoms with van der Waals surface area (Å²) < 4.78 is 28.3. The Balaban J connectivity index is 1.41. The fourth-order valence-electron chi connectivity index (χ4n) is 4.39. The number of aromatic nitrogens is 4. The first kappa shape index (κ1) is 27.8. The van der Waals surface area contributed by atoms with Crippen LogP contribution in [0.3, 0.4) is 0 Å². The number of H-pyrrole nitrogens is 1. The van der Waals surface area contributed by atoms with Gasteiger partial charge < -0.3 is 19.8 Å². The molecule has 4 aromatic heterocycles. The third kappa shape index (κ3) is 6.07. The summed E-state index contributed by atoms with van der Waals surface area (Å²) in [5, 5.41) is 6.23. The molecule has 2 N–H and O–H groups in total. The molecule has 2 amide bonds. The average molecular weight is 577 g/mol. The van der Waals surface area contributed by atoms with Gasteiger partial charge in [-0.05, 0) is 48.4 Å². The molecule has 5 rings (SSSR count). The first-order chi connectivity index (χ1) is 19.7. The number of pyridine rings is 2. The third-order valence-corrected chi connectivity index (χ3v) is 7.56. The first-order valence-electron chi connectivity index (χ1n) is 12.7. The van der Waals surface area contributed by atoms with Crippen molar-refractivity contribution in [2.75, 3.05) is 14.1 Å². The molecule has 0 aliphatic heterocycles. The molecule has 0 bridgehead atoms. The fraction of sp³-hybridized carbons (Fsp3) is 0.207. The number of carbonyl (C=O) groups excluding carboxylic acids is 2. The Morgan fingerprint density at radius 3 is 2.76 bits per heavy atom. The molecule has 0 spiro atoms. The Labute approximate surface area is 237 Å². The lowest BCUT2D eigenvalue weighted by atomic mass is 10.1. The van der Waals surface area contributed by atoms with Gasteiger partial charge in [0.2, 0.25) is 5.91 Å². The van der Waals surface area contributed by atoms with E-state index in [-0.39, 0.29) is 30.9 Å². The van der Waals surface area contributed by atoms with Gasteiger partial charge in [-0.1, -0.05) is 6.07 Å². The minimum Gasteiger partial charge on any atom is -0.349 e. The maximum absolute atomic E-state index is 13.7. The lowest BCUT2D eigenvalue weighted by Gasteiger charge is -2.18.